The van der Waals surface area contributed by atoms with E-state index >= 15 is 0 Å². The summed E-state index contributed by atoms with van der Waals surface area (Å²) in [5, 5.41) is 19.9. The fourth-order valence-corrected chi connectivity index (χ4v) is 11.9. The third-order valence-corrected chi connectivity index (χ3v) is 15.6. The molecular weight excluding hydrogens is 837 g/mol. The second-order valence-electron chi connectivity index (χ2n) is 16.8. The second-order valence-corrected chi connectivity index (χ2v) is 20.1. The van der Waals surface area contributed by atoms with Crippen molar-refractivity contribution in [2.24, 2.45) is 8.73 Å². The first-order valence-corrected chi connectivity index (χ1v) is 26.4. The maximum Gasteiger partial charge on any atom is 0.116 e. The van der Waals surface area contributed by atoms with E-state index in [1.807, 2.05) is 12.1 Å². The number of thiophene rings is 2. The predicted octanol–water partition coefficient (Wildman–Crippen LogP) is 17.9. The normalized spacial score (nSPS) is 11.9. The Kier molecular flexibility index (Phi) is 17.6. The third kappa shape index (κ3) is 11.6. The summed E-state index contributed by atoms with van der Waals surface area (Å²) in [4.78, 5) is 4.48. The molecule has 1 aliphatic heterocycles. The van der Waals surface area contributed by atoms with E-state index < -0.39 is 0 Å². The van der Waals surface area contributed by atoms with E-state index in [2.05, 4.69) is 74.5 Å². The van der Waals surface area contributed by atoms with Crippen LogP contribution in [0.15, 0.2) is 69.4 Å². The Balaban J connectivity index is 1.04. The topological polar surface area (TPSA) is 98.1 Å². The largest absolute Gasteiger partial charge is 0.192 e. The van der Waals surface area contributed by atoms with Crippen LogP contribution >= 0.6 is 34.4 Å². The standard InChI is InChI=1S/C52H60N6S4/c1-3-5-7-9-11-13-15-17-19-21-23-37-33-39(25-27-41(37)35-53)43-29-31-45(59-43)47-49-51(57-61-55-49)48(52-50(47)56-62-58-52)46-32-30-44(60-46)40-26-28-42(36-54)38(34-40)24-22-20-18-16-14-12-10-8-6-4-2/h25-34H,3-24H2,1-2H3. The van der Waals surface area contributed by atoms with E-state index in [-0.39, 0.29) is 0 Å². The van der Waals surface area contributed by atoms with Crippen LogP contribution in [0.4, 0.5) is 11.4 Å². The van der Waals surface area contributed by atoms with Crippen LogP contribution in [0.25, 0.3) is 52.8 Å². The second kappa shape index (κ2) is 23.9. The summed E-state index contributed by atoms with van der Waals surface area (Å²) < 4.78 is 19.5. The summed E-state index contributed by atoms with van der Waals surface area (Å²) in [5.74, 6) is 0. The van der Waals surface area contributed by atoms with Gasteiger partial charge in [0.15, 0.2) is 0 Å². The fraction of sp³-hybridized carbons (Fsp3) is 0.462. The van der Waals surface area contributed by atoms with Crippen LogP contribution in [-0.4, -0.2) is 8.75 Å². The van der Waals surface area contributed by atoms with E-state index in [1.165, 1.54) is 139 Å². The van der Waals surface area contributed by atoms with Crippen LogP contribution < -0.4 is 0 Å². The van der Waals surface area contributed by atoms with Crippen molar-refractivity contribution >= 4 is 68.2 Å². The summed E-state index contributed by atoms with van der Waals surface area (Å²) in [6.07, 6.45) is 27.9. The van der Waals surface area contributed by atoms with Gasteiger partial charge in [-0.25, -0.2) is 0 Å². The van der Waals surface area contributed by atoms with Crippen molar-refractivity contribution in [1.82, 2.24) is 8.75 Å². The van der Waals surface area contributed by atoms with Crippen molar-refractivity contribution in [3.8, 4) is 53.9 Å². The van der Waals surface area contributed by atoms with Gasteiger partial charge in [0.2, 0.25) is 0 Å². The van der Waals surface area contributed by atoms with Crippen LogP contribution in [0.1, 0.15) is 165 Å². The Morgan fingerprint density at radius 2 is 0.823 bits per heavy atom. The molecule has 0 radical (unpaired) electrons. The van der Waals surface area contributed by atoms with E-state index in [4.69, 9.17) is 17.5 Å². The van der Waals surface area contributed by atoms with E-state index in [0.29, 0.717) is 0 Å². The molecule has 6 aromatic rings. The molecule has 3 aromatic heterocycles. The molecule has 0 atom stereocenters. The zero-order valence-corrected chi connectivity index (χ0v) is 39.9. The molecule has 0 saturated heterocycles. The van der Waals surface area contributed by atoms with Crippen molar-refractivity contribution < 1.29 is 0 Å². The lowest BCUT2D eigenvalue weighted by molar-refractivity contribution is 0.556. The number of hydrogen-bond acceptors (Lipinski definition) is 9. The Bertz CT molecular complexity index is 2390. The molecule has 1 aliphatic rings. The molecule has 0 N–H and O–H groups in total. The van der Waals surface area contributed by atoms with Gasteiger partial charge in [0.1, 0.15) is 22.4 Å². The van der Waals surface area contributed by atoms with Crippen LogP contribution in [0.5, 0.6) is 0 Å². The first-order chi connectivity index (χ1) is 30.6. The van der Waals surface area contributed by atoms with Crippen molar-refractivity contribution in [2.45, 2.75) is 155 Å². The number of benzene rings is 3. The highest BCUT2D eigenvalue weighted by atomic mass is 32.1. The van der Waals surface area contributed by atoms with Crippen LogP contribution in [-0.2, 0) is 24.2 Å². The zero-order chi connectivity index (χ0) is 42.9. The number of unbranched alkanes of at least 4 members (excludes halogenated alkanes) is 18. The molecule has 0 fully saturated rings. The minimum absolute atomic E-state index is 0.781. The minimum Gasteiger partial charge on any atom is -0.192 e. The van der Waals surface area contributed by atoms with E-state index in [9.17, 15) is 10.5 Å². The molecule has 3 aromatic carbocycles. The van der Waals surface area contributed by atoms with Gasteiger partial charge in [-0.3, -0.25) is 0 Å². The monoisotopic (exact) mass is 896 g/mol. The highest BCUT2D eigenvalue weighted by molar-refractivity contribution is 7.58. The molecule has 4 heterocycles. The van der Waals surface area contributed by atoms with Gasteiger partial charge in [0.25, 0.3) is 0 Å². The van der Waals surface area contributed by atoms with E-state index in [1.54, 1.807) is 22.7 Å². The lowest BCUT2D eigenvalue weighted by Crippen LogP contribution is -1.92. The molecule has 0 aliphatic carbocycles. The van der Waals surface area contributed by atoms with Crippen molar-refractivity contribution in [3.05, 3.63) is 82.9 Å². The molecule has 0 spiro atoms. The molecule has 6 nitrogen and oxygen atoms in total. The van der Waals surface area contributed by atoms with Gasteiger partial charge in [-0.1, -0.05) is 142 Å². The predicted molar refractivity (Wildman–Crippen MR) is 267 cm³/mol. The van der Waals surface area contributed by atoms with Crippen LogP contribution in [0.3, 0.4) is 0 Å². The number of rotatable bonds is 26. The first kappa shape index (κ1) is 45.7. The summed E-state index contributed by atoms with van der Waals surface area (Å²) in [7, 11) is 0. The first-order valence-electron chi connectivity index (χ1n) is 23.3. The molecule has 0 amide bonds. The smallest absolute Gasteiger partial charge is 0.116 e. The summed E-state index contributed by atoms with van der Waals surface area (Å²) in [5.41, 5.74) is 11.5. The van der Waals surface area contributed by atoms with E-state index in [0.717, 1.165) is 112 Å². The number of aryl methyl sites for hydroxylation is 2. The summed E-state index contributed by atoms with van der Waals surface area (Å²) in [6, 6.07) is 26.2. The van der Waals surface area contributed by atoms with Gasteiger partial charge in [0.05, 0.1) is 46.3 Å². The SMILES string of the molecule is CCCCCCCCCCCCc1cc(-c2ccc(-c3c4c(c(-c5ccc(-c6ccc(C#N)c(CCCCCCCCCCCC)c6)s5)c5nsnc35)N=S=N4)s2)ccc1C#N. The molecule has 7 rings (SSSR count). The maximum atomic E-state index is 9.95. The molecule has 0 bridgehead atoms. The van der Waals surface area contributed by atoms with Crippen molar-refractivity contribution in [1.29, 1.82) is 10.5 Å². The fourth-order valence-electron chi connectivity index (χ4n) is 8.71. The highest BCUT2D eigenvalue weighted by Crippen LogP contribution is 2.54. The molecular formula is C52H60N6S4. The molecule has 322 valence electrons. The number of nitrogens with zero attached hydrogens (tertiary/aromatic N) is 6. The number of hydrogen-bond donors (Lipinski definition) is 0. The van der Waals surface area contributed by atoms with Crippen LogP contribution in [0, 0.1) is 22.7 Å². The zero-order valence-electron chi connectivity index (χ0n) is 36.6. The highest BCUT2D eigenvalue weighted by Gasteiger charge is 2.28. The van der Waals surface area contributed by atoms with Crippen molar-refractivity contribution in [2.75, 3.05) is 0 Å². The summed E-state index contributed by atoms with van der Waals surface area (Å²) in [6.45, 7) is 4.54. The Morgan fingerprint density at radius 3 is 1.21 bits per heavy atom. The quantitative estimate of drug-likeness (QED) is 0.0506. The maximum absolute atomic E-state index is 9.95. The molecule has 62 heavy (non-hydrogen) atoms. The summed E-state index contributed by atoms with van der Waals surface area (Å²) >= 11 is 5.93. The van der Waals surface area contributed by atoms with Crippen molar-refractivity contribution in [3.63, 3.8) is 0 Å². The Labute approximate surface area is 385 Å². The van der Waals surface area contributed by atoms with Gasteiger partial charge in [-0.2, -0.15) is 28.0 Å². The van der Waals surface area contributed by atoms with Gasteiger partial charge < -0.3 is 0 Å². The molecule has 0 unspecified atom stereocenters. The van der Waals surface area contributed by atoms with Gasteiger partial charge in [-0.05, 0) is 96.5 Å². The minimum atomic E-state index is 0.781. The van der Waals surface area contributed by atoms with Gasteiger partial charge in [0, 0.05) is 30.6 Å². The molecule has 10 heteroatoms. The Morgan fingerprint density at radius 1 is 0.452 bits per heavy atom. The number of nitriles is 2. The average Bonchev–Trinajstić information content (AvgIpc) is 4.15. The van der Waals surface area contributed by atoms with Gasteiger partial charge >= 0.3 is 0 Å². The average molecular weight is 897 g/mol. The lowest BCUT2D eigenvalue weighted by Gasteiger charge is -2.10. The number of aromatic nitrogens is 2. The number of fused-ring (bicyclic) bond motifs is 2. The van der Waals surface area contributed by atoms with Gasteiger partial charge in [-0.15, -0.1) is 22.7 Å². The lowest BCUT2D eigenvalue weighted by atomic mass is 9.98. The Hall–Kier alpha value is -4.32. The third-order valence-electron chi connectivity index (χ3n) is 12.2. The molecule has 0 saturated carbocycles. The van der Waals surface area contributed by atoms with Crippen LogP contribution in [0.2, 0.25) is 0 Å².